The normalized spacial score (nSPS) is 23.4. The SMILES string of the molecule is CC1CN(Cc2nc3cc(F)ccc3s2)[C@@H](C)CN1C(=O)COC1CCC(Nc2ccc([N+](=O)[O-])c(C(F)(F)F)c2)CC1. The van der Waals surface area contributed by atoms with Gasteiger partial charge in [0, 0.05) is 49.0 Å². The minimum absolute atomic E-state index is 0.0256. The van der Waals surface area contributed by atoms with Gasteiger partial charge in [-0.05, 0) is 63.8 Å². The van der Waals surface area contributed by atoms with E-state index in [0.29, 0.717) is 50.8 Å². The van der Waals surface area contributed by atoms with Crippen molar-refractivity contribution in [2.45, 2.75) is 76.5 Å². The lowest BCUT2D eigenvalue weighted by Crippen LogP contribution is -2.58. The number of alkyl halides is 3. The lowest BCUT2D eigenvalue weighted by molar-refractivity contribution is -0.388. The fraction of sp³-hybridized carbons (Fsp3) is 0.517. The predicted octanol–water partition coefficient (Wildman–Crippen LogP) is 6.22. The van der Waals surface area contributed by atoms with Gasteiger partial charge < -0.3 is 15.0 Å². The molecule has 5 rings (SSSR count). The van der Waals surface area contributed by atoms with Gasteiger partial charge in [0.2, 0.25) is 5.91 Å². The number of anilines is 1. The summed E-state index contributed by atoms with van der Waals surface area (Å²) in [5, 5.41) is 15.0. The predicted molar refractivity (Wildman–Crippen MR) is 154 cm³/mol. The van der Waals surface area contributed by atoms with E-state index in [1.807, 2.05) is 11.8 Å². The Morgan fingerprint density at radius 3 is 2.56 bits per heavy atom. The number of fused-ring (bicyclic) bond motifs is 1. The molecule has 1 N–H and O–H groups in total. The summed E-state index contributed by atoms with van der Waals surface area (Å²) in [5.74, 6) is -0.393. The number of amides is 1. The number of piperazine rings is 1. The minimum Gasteiger partial charge on any atom is -0.382 e. The third-order valence-corrected chi connectivity index (χ3v) is 9.17. The number of halogens is 4. The summed E-state index contributed by atoms with van der Waals surface area (Å²) < 4.78 is 60.4. The first-order valence-corrected chi connectivity index (χ1v) is 15.0. The van der Waals surface area contributed by atoms with Gasteiger partial charge in [0.25, 0.3) is 5.69 Å². The average molecular weight is 624 g/mol. The van der Waals surface area contributed by atoms with E-state index in [9.17, 15) is 32.5 Å². The molecule has 9 nitrogen and oxygen atoms in total. The Hall–Kier alpha value is -3.36. The van der Waals surface area contributed by atoms with Crippen molar-refractivity contribution in [2.24, 2.45) is 0 Å². The Balaban J connectivity index is 1.08. The number of carbonyl (C=O) groups excluding carboxylic acids is 1. The number of hydrogen-bond acceptors (Lipinski definition) is 8. The Morgan fingerprint density at radius 1 is 1.12 bits per heavy atom. The molecule has 0 radical (unpaired) electrons. The highest BCUT2D eigenvalue weighted by Crippen LogP contribution is 2.38. The number of hydrogen-bond donors (Lipinski definition) is 1. The highest BCUT2D eigenvalue weighted by atomic mass is 32.1. The summed E-state index contributed by atoms with van der Waals surface area (Å²) in [6, 6.07) is 7.51. The molecule has 232 valence electrons. The maximum absolute atomic E-state index is 13.5. The van der Waals surface area contributed by atoms with Crippen LogP contribution in [0.25, 0.3) is 10.2 Å². The van der Waals surface area contributed by atoms with Gasteiger partial charge in [0.05, 0.1) is 27.8 Å². The van der Waals surface area contributed by atoms with Crippen LogP contribution >= 0.6 is 11.3 Å². The summed E-state index contributed by atoms with van der Waals surface area (Å²) in [5.41, 5.74) is -1.43. The van der Waals surface area contributed by atoms with Gasteiger partial charge >= 0.3 is 6.18 Å². The molecule has 1 aliphatic heterocycles. The monoisotopic (exact) mass is 623 g/mol. The molecule has 2 heterocycles. The van der Waals surface area contributed by atoms with Crippen LogP contribution in [0, 0.1) is 15.9 Å². The second-order valence-corrected chi connectivity index (χ2v) is 12.4. The minimum atomic E-state index is -4.84. The quantitative estimate of drug-likeness (QED) is 0.181. The molecule has 2 aromatic carbocycles. The number of nitro benzene ring substituents is 1. The van der Waals surface area contributed by atoms with Crippen molar-refractivity contribution in [2.75, 3.05) is 25.0 Å². The van der Waals surface area contributed by atoms with Crippen LogP contribution in [-0.2, 0) is 22.3 Å². The molecule has 1 saturated heterocycles. The molecule has 2 atom stereocenters. The molecular weight excluding hydrogens is 590 g/mol. The van der Waals surface area contributed by atoms with Crippen LogP contribution in [0.1, 0.15) is 50.1 Å². The van der Waals surface area contributed by atoms with Gasteiger partial charge in [-0.25, -0.2) is 9.37 Å². The van der Waals surface area contributed by atoms with E-state index in [2.05, 4.69) is 22.1 Å². The molecule has 2 fully saturated rings. The number of nitro groups is 1. The summed E-state index contributed by atoms with van der Waals surface area (Å²) in [4.78, 5) is 31.8. The molecule has 1 amide bonds. The number of carbonyl (C=O) groups is 1. The maximum Gasteiger partial charge on any atom is 0.423 e. The van der Waals surface area contributed by atoms with Crippen LogP contribution in [-0.4, -0.2) is 69.5 Å². The summed E-state index contributed by atoms with van der Waals surface area (Å²) in [6.07, 6.45) is -2.45. The second kappa shape index (κ2) is 12.7. The first-order chi connectivity index (χ1) is 20.4. The zero-order valence-corrected chi connectivity index (χ0v) is 24.6. The summed E-state index contributed by atoms with van der Waals surface area (Å²) in [7, 11) is 0. The second-order valence-electron chi connectivity index (χ2n) is 11.3. The number of nitrogens with zero attached hydrogens (tertiary/aromatic N) is 4. The first-order valence-electron chi connectivity index (χ1n) is 14.2. The molecule has 14 heteroatoms. The van der Waals surface area contributed by atoms with Crippen molar-refractivity contribution in [3.05, 3.63) is 62.9 Å². The average Bonchev–Trinajstić information content (AvgIpc) is 3.35. The largest absolute Gasteiger partial charge is 0.423 e. The van der Waals surface area contributed by atoms with Crippen LogP contribution < -0.4 is 5.32 Å². The van der Waals surface area contributed by atoms with Gasteiger partial charge in [-0.15, -0.1) is 11.3 Å². The highest BCUT2D eigenvalue weighted by Gasteiger charge is 2.39. The third-order valence-electron chi connectivity index (χ3n) is 8.15. The van der Waals surface area contributed by atoms with Crippen molar-refractivity contribution in [1.29, 1.82) is 0 Å². The first kappa shape index (κ1) is 31.1. The summed E-state index contributed by atoms with van der Waals surface area (Å²) in [6.45, 7) is 5.88. The van der Waals surface area contributed by atoms with Crippen molar-refractivity contribution in [1.82, 2.24) is 14.8 Å². The fourth-order valence-corrected chi connectivity index (χ4v) is 6.82. The number of thiazole rings is 1. The molecule has 1 unspecified atom stereocenters. The van der Waals surface area contributed by atoms with Gasteiger partial charge in [0.15, 0.2) is 0 Å². The lowest BCUT2D eigenvalue weighted by Gasteiger charge is -2.44. The molecule has 2 aliphatic rings. The number of nitrogens with one attached hydrogen (secondary N) is 1. The molecule has 0 bridgehead atoms. The Kier molecular flexibility index (Phi) is 9.18. The van der Waals surface area contributed by atoms with E-state index < -0.39 is 22.4 Å². The maximum atomic E-state index is 13.5. The third kappa shape index (κ3) is 7.42. The zero-order valence-electron chi connectivity index (χ0n) is 23.8. The molecule has 43 heavy (non-hydrogen) atoms. The topological polar surface area (TPSA) is 101 Å². The highest BCUT2D eigenvalue weighted by molar-refractivity contribution is 7.18. The van der Waals surface area contributed by atoms with Crippen LogP contribution in [0.5, 0.6) is 0 Å². The Labute approximate surface area is 250 Å². The molecule has 0 spiro atoms. The van der Waals surface area contributed by atoms with Crippen LogP contribution in [0.2, 0.25) is 0 Å². The summed E-state index contributed by atoms with van der Waals surface area (Å²) >= 11 is 1.54. The van der Waals surface area contributed by atoms with Crippen molar-refractivity contribution >= 4 is 38.8 Å². The standard InChI is InChI=1S/C29H33F4N5O4S/c1-17-14-37(18(2)13-36(17)15-27-35-24-11-19(30)3-10-26(24)43-27)28(39)16-42-22-7-4-20(5-8-22)34-21-6-9-25(38(40)41)23(12-21)29(31,32)33/h3,6,9-12,17-18,20,22,34H,4-5,7-8,13-16H2,1-2H3/t17-,18?,20?,22?/m0/s1. The molecule has 1 aromatic heterocycles. The van der Waals surface area contributed by atoms with E-state index in [1.165, 1.54) is 18.2 Å². The number of aromatic nitrogens is 1. The smallest absolute Gasteiger partial charge is 0.382 e. The van der Waals surface area contributed by atoms with Crippen LogP contribution in [0.3, 0.4) is 0 Å². The van der Waals surface area contributed by atoms with Crippen LogP contribution in [0.4, 0.5) is 28.9 Å². The van der Waals surface area contributed by atoms with E-state index in [1.54, 1.807) is 17.4 Å². The van der Waals surface area contributed by atoms with E-state index in [4.69, 9.17) is 4.74 Å². The fourth-order valence-electron chi connectivity index (χ4n) is 5.85. The number of benzene rings is 2. The molecule has 3 aromatic rings. The Morgan fingerprint density at radius 2 is 1.86 bits per heavy atom. The van der Waals surface area contributed by atoms with E-state index in [-0.39, 0.29) is 48.2 Å². The van der Waals surface area contributed by atoms with E-state index >= 15 is 0 Å². The van der Waals surface area contributed by atoms with Crippen molar-refractivity contribution in [3.63, 3.8) is 0 Å². The number of rotatable bonds is 8. The van der Waals surface area contributed by atoms with Gasteiger partial charge in [-0.2, -0.15) is 13.2 Å². The lowest BCUT2D eigenvalue weighted by atomic mass is 9.92. The van der Waals surface area contributed by atoms with Crippen LogP contribution in [0.15, 0.2) is 36.4 Å². The van der Waals surface area contributed by atoms with Crippen molar-refractivity contribution in [3.8, 4) is 0 Å². The van der Waals surface area contributed by atoms with Crippen molar-refractivity contribution < 1.29 is 32.0 Å². The zero-order chi connectivity index (χ0) is 30.9. The Bertz CT molecular complexity index is 1480. The van der Waals surface area contributed by atoms with Gasteiger partial charge in [-0.1, -0.05) is 0 Å². The van der Waals surface area contributed by atoms with Gasteiger partial charge in [-0.3, -0.25) is 19.8 Å². The van der Waals surface area contributed by atoms with Gasteiger partial charge in [0.1, 0.15) is 23.0 Å². The molecule has 1 aliphatic carbocycles. The number of ether oxygens (including phenoxy) is 1. The molecule has 1 saturated carbocycles. The van der Waals surface area contributed by atoms with E-state index in [0.717, 1.165) is 21.8 Å². The molecular formula is C29H33F4N5O4S.